The summed E-state index contributed by atoms with van der Waals surface area (Å²) >= 11 is 0. The molecule has 0 heterocycles. The van der Waals surface area contributed by atoms with Crippen molar-refractivity contribution >= 4 is 11.4 Å². The maximum absolute atomic E-state index is 8.76. The van der Waals surface area contributed by atoms with Crippen LogP contribution in [0.25, 0.3) is 0 Å². The van der Waals surface area contributed by atoms with Crippen LogP contribution in [0.4, 0.5) is 11.4 Å². The predicted molar refractivity (Wildman–Crippen MR) is 72.9 cm³/mol. The zero-order valence-corrected chi connectivity index (χ0v) is 11.1. The first-order valence-electron chi connectivity index (χ1n) is 5.91. The Morgan fingerprint density at radius 1 is 1.41 bits per heavy atom. The summed E-state index contributed by atoms with van der Waals surface area (Å²) in [6.07, 6.45) is 1.42. The van der Waals surface area contributed by atoms with Gasteiger partial charge in [-0.25, -0.2) is 0 Å². The molecule has 0 aliphatic heterocycles. The van der Waals surface area contributed by atoms with Crippen LogP contribution in [0, 0.1) is 11.3 Å². The van der Waals surface area contributed by atoms with Crippen LogP contribution >= 0.6 is 0 Å². The fourth-order valence-electron chi connectivity index (χ4n) is 1.63. The summed E-state index contributed by atoms with van der Waals surface area (Å²) in [5.74, 6) is 0. The molecule has 0 bridgehead atoms. The van der Waals surface area contributed by atoms with Gasteiger partial charge in [-0.1, -0.05) is 6.92 Å². The number of nitriles is 1. The molecule has 0 aliphatic carbocycles. The van der Waals surface area contributed by atoms with Gasteiger partial charge in [-0.05, 0) is 44.0 Å². The summed E-state index contributed by atoms with van der Waals surface area (Å²) in [6.45, 7) is 6.57. The van der Waals surface area contributed by atoms with Crippen molar-refractivity contribution in [2.24, 2.45) is 0 Å². The topological polar surface area (TPSA) is 53.0 Å². The monoisotopic (exact) mass is 231 g/mol. The molecule has 0 saturated carbocycles. The van der Waals surface area contributed by atoms with Gasteiger partial charge in [-0.15, -0.1) is 0 Å². The summed E-state index contributed by atoms with van der Waals surface area (Å²) < 4.78 is 0. The van der Waals surface area contributed by atoms with E-state index in [1.54, 1.807) is 0 Å². The van der Waals surface area contributed by atoms with E-state index in [2.05, 4.69) is 38.8 Å². The van der Waals surface area contributed by atoms with Crippen molar-refractivity contribution in [1.82, 2.24) is 0 Å². The third-order valence-corrected chi connectivity index (χ3v) is 3.56. The van der Waals surface area contributed by atoms with Gasteiger partial charge >= 0.3 is 0 Å². The van der Waals surface area contributed by atoms with Gasteiger partial charge in [0.2, 0.25) is 0 Å². The van der Waals surface area contributed by atoms with Crippen LogP contribution in [0.15, 0.2) is 18.2 Å². The molecule has 0 amide bonds. The molecule has 0 aliphatic rings. The quantitative estimate of drug-likeness (QED) is 0.810. The number of nitrogens with zero attached hydrogens (tertiary/aromatic N) is 2. The van der Waals surface area contributed by atoms with Crippen molar-refractivity contribution in [1.29, 1.82) is 5.26 Å². The molecule has 0 radical (unpaired) electrons. The van der Waals surface area contributed by atoms with Gasteiger partial charge in [0.15, 0.2) is 0 Å². The molecule has 0 aromatic heterocycles. The Bertz CT molecular complexity index is 430. The molecule has 0 atom stereocenters. The highest BCUT2D eigenvalue weighted by Gasteiger charge is 2.21. The van der Waals surface area contributed by atoms with Crippen LogP contribution in [-0.4, -0.2) is 12.6 Å². The van der Waals surface area contributed by atoms with E-state index in [-0.39, 0.29) is 5.54 Å². The van der Waals surface area contributed by atoms with E-state index >= 15 is 0 Å². The first-order chi connectivity index (χ1) is 7.92. The lowest BCUT2D eigenvalue weighted by atomic mass is 9.98. The number of hydrogen-bond acceptors (Lipinski definition) is 3. The number of anilines is 2. The maximum atomic E-state index is 8.76. The van der Waals surface area contributed by atoms with Crippen LogP contribution in [0.1, 0.15) is 32.8 Å². The minimum absolute atomic E-state index is 0.0973. The Kier molecular flexibility index (Phi) is 4.01. The van der Waals surface area contributed by atoms with Gasteiger partial charge in [-0.3, -0.25) is 0 Å². The molecule has 92 valence electrons. The lowest BCUT2D eigenvalue weighted by Crippen LogP contribution is -2.40. The highest BCUT2D eigenvalue weighted by molar-refractivity contribution is 5.59. The van der Waals surface area contributed by atoms with Gasteiger partial charge in [0.25, 0.3) is 0 Å². The Labute approximate surface area is 104 Å². The minimum atomic E-state index is 0.0973. The van der Waals surface area contributed by atoms with E-state index in [4.69, 9.17) is 11.0 Å². The van der Waals surface area contributed by atoms with Crippen molar-refractivity contribution in [3.05, 3.63) is 23.8 Å². The van der Waals surface area contributed by atoms with Gasteiger partial charge in [-0.2, -0.15) is 5.26 Å². The van der Waals surface area contributed by atoms with Crippen molar-refractivity contribution in [2.75, 3.05) is 17.7 Å². The standard InChI is InChI=1S/C14H21N3/c1-5-14(2,3)17(4)12-6-7-13(16)11(10-12)8-9-15/h6-7,10H,5,8,16H2,1-4H3. The van der Waals surface area contributed by atoms with Crippen LogP contribution in [-0.2, 0) is 6.42 Å². The largest absolute Gasteiger partial charge is 0.398 e. The molecule has 0 spiro atoms. The number of nitrogen functional groups attached to an aromatic ring is 1. The first-order valence-corrected chi connectivity index (χ1v) is 5.91. The average molecular weight is 231 g/mol. The first kappa shape index (κ1) is 13.4. The predicted octanol–water partition coefficient (Wildman–Crippen LogP) is 2.96. The molecular weight excluding hydrogens is 210 g/mol. The zero-order valence-electron chi connectivity index (χ0n) is 11.1. The third-order valence-electron chi connectivity index (χ3n) is 3.56. The molecule has 2 N–H and O–H groups in total. The Hall–Kier alpha value is -1.69. The number of rotatable bonds is 4. The van der Waals surface area contributed by atoms with E-state index in [9.17, 15) is 0 Å². The maximum Gasteiger partial charge on any atom is 0.0670 e. The zero-order chi connectivity index (χ0) is 13.1. The van der Waals surface area contributed by atoms with Gasteiger partial charge in [0, 0.05) is 24.0 Å². The van der Waals surface area contributed by atoms with Gasteiger partial charge in [0.1, 0.15) is 0 Å². The smallest absolute Gasteiger partial charge is 0.0670 e. The Morgan fingerprint density at radius 3 is 2.59 bits per heavy atom. The molecule has 17 heavy (non-hydrogen) atoms. The molecule has 1 aromatic rings. The van der Waals surface area contributed by atoms with E-state index in [0.717, 1.165) is 17.7 Å². The number of nitrogens with two attached hydrogens (primary N) is 1. The van der Waals surface area contributed by atoms with E-state index in [1.807, 2.05) is 18.2 Å². The second-order valence-electron chi connectivity index (χ2n) is 4.94. The summed E-state index contributed by atoms with van der Waals surface area (Å²) in [7, 11) is 2.07. The highest BCUT2D eigenvalue weighted by atomic mass is 15.2. The van der Waals surface area contributed by atoms with Crippen LogP contribution < -0.4 is 10.6 Å². The fourth-order valence-corrected chi connectivity index (χ4v) is 1.63. The molecule has 1 rings (SSSR count). The van der Waals surface area contributed by atoms with Gasteiger partial charge < -0.3 is 10.6 Å². The fraction of sp³-hybridized carbons (Fsp3) is 0.500. The lowest BCUT2D eigenvalue weighted by Gasteiger charge is -2.37. The van der Waals surface area contributed by atoms with Crippen molar-refractivity contribution < 1.29 is 0 Å². The number of benzene rings is 1. The van der Waals surface area contributed by atoms with Crippen molar-refractivity contribution in [2.45, 2.75) is 39.2 Å². The molecule has 0 saturated heterocycles. The summed E-state index contributed by atoms with van der Waals surface area (Å²) in [6, 6.07) is 8.04. The normalized spacial score (nSPS) is 11.0. The lowest BCUT2D eigenvalue weighted by molar-refractivity contribution is 0.471. The Balaban J connectivity index is 3.08. The molecule has 3 nitrogen and oxygen atoms in total. The van der Waals surface area contributed by atoms with Crippen molar-refractivity contribution in [3.8, 4) is 6.07 Å². The summed E-state index contributed by atoms with van der Waals surface area (Å²) in [5.41, 5.74) is 8.65. The molecule has 1 aromatic carbocycles. The molecule has 3 heteroatoms. The van der Waals surface area contributed by atoms with Crippen LogP contribution in [0.5, 0.6) is 0 Å². The average Bonchev–Trinajstić information content (AvgIpc) is 2.31. The second kappa shape index (κ2) is 5.09. The molecule has 0 fully saturated rings. The van der Waals surface area contributed by atoms with Crippen molar-refractivity contribution in [3.63, 3.8) is 0 Å². The van der Waals surface area contributed by atoms with Crippen LogP contribution in [0.3, 0.4) is 0 Å². The van der Waals surface area contributed by atoms with E-state index in [0.29, 0.717) is 12.1 Å². The molecule has 0 unspecified atom stereocenters. The minimum Gasteiger partial charge on any atom is -0.398 e. The third kappa shape index (κ3) is 2.91. The molecular formula is C14H21N3. The second-order valence-corrected chi connectivity index (χ2v) is 4.94. The number of hydrogen-bond donors (Lipinski definition) is 1. The Morgan fingerprint density at radius 2 is 2.06 bits per heavy atom. The van der Waals surface area contributed by atoms with E-state index in [1.165, 1.54) is 0 Å². The highest BCUT2D eigenvalue weighted by Crippen LogP contribution is 2.27. The van der Waals surface area contributed by atoms with Gasteiger partial charge in [0.05, 0.1) is 12.5 Å². The van der Waals surface area contributed by atoms with Crippen LogP contribution in [0.2, 0.25) is 0 Å². The summed E-state index contributed by atoms with van der Waals surface area (Å²) in [5, 5.41) is 8.76. The SMILES string of the molecule is CCC(C)(C)N(C)c1ccc(N)c(CC#N)c1. The van der Waals surface area contributed by atoms with E-state index < -0.39 is 0 Å². The summed E-state index contributed by atoms with van der Waals surface area (Å²) in [4.78, 5) is 2.23.